The van der Waals surface area contributed by atoms with Crippen molar-refractivity contribution in [2.75, 3.05) is 6.54 Å². The second-order valence-corrected chi connectivity index (χ2v) is 11.8. The highest BCUT2D eigenvalue weighted by Gasteiger charge is 2.67. The van der Waals surface area contributed by atoms with Gasteiger partial charge in [0.25, 0.3) is 11.8 Å². The predicted molar refractivity (Wildman–Crippen MR) is 139 cm³/mol. The lowest BCUT2D eigenvalue weighted by Gasteiger charge is -2.63. The van der Waals surface area contributed by atoms with Crippen LogP contribution >= 0.6 is 0 Å². The summed E-state index contributed by atoms with van der Waals surface area (Å²) in [6, 6.07) is 6.52. The van der Waals surface area contributed by atoms with Crippen LogP contribution in [0.15, 0.2) is 30.3 Å². The minimum atomic E-state index is -0.648. The van der Waals surface area contributed by atoms with Crippen molar-refractivity contribution in [2.24, 2.45) is 23.2 Å². The fourth-order valence-corrected chi connectivity index (χ4v) is 6.14. The minimum absolute atomic E-state index is 0.0274. The Balaban J connectivity index is 1.32. The molecule has 2 bridgehead atoms. The molecule has 3 saturated carbocycles. The molecule has 1 saturated heterocycles. The molecule has 1 aromatic carbocycles. The van der Waals surface area contributed by atoms with Gasteiger partial charge in [-0.3, -0.25) is 19.6 Å². The van der Waals surface area contributed by atoms with E-state index in [1.807, 2.05) is 0 Å². The molecule has 3 aliphatic carbocycles. The molecular weight excluding hydrogens is 473 g/mol. The standard InChI is InChI=1S/C27H38BN3O6/c1-16(2)12-21(28-36-24-20-13-19(26(20,3)4)14-27(24,5)37-28)30-23(33)15-29-25(34)18-9-6-17(7-10-18)8-11-22(32)31-35/h6-11,16,19-21,24,35H,12-15H2,1-5H3,(H,29,34)(H,30,33)(H,31,32)/b11-8+/t19-,20+,21+,24?,27+/m1/s1. The molecule has 1 heterocycles. The molecule has 0 spiro atoms. The maximum absolute atomic E-state index is 12.8. The van der Waals surface area contributed by atoms with Crippen molar-refractivity contribution in [1.29, 1.82) is 0 Å². The van der Waals surface area contributed by atoms with Crippen LogP contribution in [0, 0.1) is 23.2 Å². The second-order valence-electron chi connectivity index (χ2n) is 11.8. The SMILES string of the molecule is CC(C)C[C@H](NC(=O)CNC(=O)c1ccc(/C=C/C(=O)NO)cc1)B1OC2[C@@H]3C[C@H](C[C@]2(C)O1)C3(C)C. The van der Waals surface area contributed by atoms with E-state index in [2.05, 4.69) is 45.3 Å². The molecule has 0 aromatic heterocycles. The normalized spacial score (nSPS) is 28.4. The third-order valence-electron chi connectivity index (χ3n) is 8.35. The maximum atomic E-state index is 12.8. The lowest BCUT2D eigenvalue weighted by molar-refractivity contribution is -0.185. The molecule has 1 unspecified atom stereocenters. The zero-order chi connectivity index (χ0) is 27.0. The van der Waals surface area contributed by atoms with Crippen LogP contribution in [0.1, 0.15) is 69.8 Å². The summed E-state index contributed by atoms with van der Waals surface area (Å²) in [5, 5.41) is 14.2. The first-order chi connectivity index (χ1) is 17.4. The molecule has 5 atom stereocenters. The van der Waals surface area contributed by atoms with Gasteiger partial charge in [-0.25, -0.2) is 5.48 Å². The Morgan fingerprint density at radius 3 is 2.51 bits per heavy atom. The number of hydroxylamine groups is 1. The van der Waals surface area contributed by atoms with Crippen LogP contribution in [-0.4, -0.2) is 54.2 Å². The van der Waals surface area contributed by atoms with Gasteiger partial charge in [0, 0.05) is 11.6 Å². The molecule has 4 aliphatic rings. The summed E-state index contributed by atoms with van der Waals surface area (Å²) >= 11 is 0. The zero-order valence-corrected chi connectivity index (χ0v) is 22.2. The van der Waals surface area contributed by atoms with Gasteiger partial charge in [-0.15, -0.1) is 0 Å². The van der Waals surface area contributed by atoms with Crippen molar-refractivity contribution in [3.63, 3.8) is 0 Å². The zero-order valence-electron chi connectivity index (χ0n) is 22.2. The minimum Gasteiger partial charge on any atom is -0.404 e. The van der Waals surface area contributed by atoms with Crippen LogP contribution in [0.25, 0.3) is 6.08 Å². The molecule has 200 valence electrons. The van der Waals surface area contributed by atoms with Gasteiger partial charge >= 0.3 is 7.12 Å². The summed E-state index contributed by atoms with van der Waals surface area (Å²) < 4.78 is 13.0. The van der Waals surface area contributed by atoms with Crippen molar-refractivity contribution in [3.8, 4) is 0 Å². The average Bonchev–Trinajstić information content (AvgIpc) is 3.22. The number of amides is 3. The van der Waals surface area contributed by atoms with Crippen molar-refractivity contribution in [2.45, 2.75) is 71.5 Å². The average molecular weight is 511 g/mol. The molecule has 0 radical (unpaired) electrons. The summed E-state index contributed by atoms with van der Waals surface area (Å²) in [5.41, 5.74) is 2.51. The first-order valence-corrected chi connectivity index (χ1v) is 13.1. The lowest BCUT2D eigenvalue weighted by atomic mass is 9.45. The van der Waals surface area contributed by atoms with E-state index in [0.717, 1.165) is 6.42 Å². The van der Waals surface area contributed by atoms with Gasteiger partial charge in [-0.2, -0.15) is 0 Å². The highest BCUT2D eigenvalue weighted by Crippen LogP contribution is 2.64. The van der Waals surface area contributed by atoms with Crippen LogP contribution < -0.4 is 16.1 Å². The number of hydrogen-bond acceptors (Lipinski definition) is 6. The van der Waals surface area contributed by atoms with Crippen molar-refractivity contribution >= 4 is 30.9 Å². The summed E-state index contributed by atoms with van der Waals surface area (Å²) in [6.07, 6.45) is 5.55. The van der Waals surface area contributed by atoms with Gasteiger partial charge in [-0.05, 0) is 73.1 Å². The second kappa shape index (κ2) is 10.6. The molecule has 4 fully saturated rings. The van der Waals surface area contributed by atoms with Crippen LogP contribution in [0.3, 0.4) is 0 Å². The quantitative estimate of drug-likeness (QED) is 0.175. The molecule has 4 N–H and O–H groups in total. The fourth-order valence-electron chi connectivity index (χ4n) is 6.14. The van der Waals surface area contributed by atoms with E-state index in [9.17, 15) is 14.4 Å². The smallest absolute Gasteiger partial charge is 0.404 e. The molecule has 1 aliphatic heterocycles. The summed E-state index contributed by atoms with van der Waals surface area (Å²) in [4.78, 5) is 36.5. The Morgan fingerprint density at radius 2 is 1.89 bits per heavy atom. The monoisotopic (exact) mass is 511 g/mol. The van der Waals surface area contributed by atoms with E-state index in [-0.39, 0.29) is 41.4 Å². The Kier molecular flexibility index (Phi) is 7.83. The molecular formula is C27H38BN3O6. The molecule has 9 nitrogen and oxygen atoms in total. The van der Waals surface area contributed by atoms with Crippen LogP contribution in [-0.2, 0) is 18.9 Å². The molecule has 5 rings (SSSR count). The van der Waals surface area contributed by atoms with Gasteiger partial charge in [-0.1, -0.05) is 39.8 Å². The Morgan fingerprint density at radius 1 is 1.19 bits per heavy atom. The molecule has 3 amide bonds. The Labute approximate surface area is 218 Å². The van der Waals surface area contributed by atoms with Crippen molar-refractivity contribution < 1.29 is 28.9 Å². The van der Waals surface area contributed by atoms with E-state index in [0.29, 0.717) is 35.3 Å². The Bertz CT molecular complexity index is 1060. The maximum Gasteiger partial charge on any atom is 0.481 e. The number of carbonyl (C=O) groups excluding carboxylic acids is 3. The summed E-state index contributed by atoms with van der Waals surface area (Å²) in [6.45, 7) is 10.8. The van der Waals surface area contributed by atoms with Gasteiger partial charge in [0.1, 0.15) is 0 Å². The third-order valence-corrected chi connectivity index (χ3v) is 8.35. The van der Waals surface area contributed by atoms with Gasteiger partial charge < -0.3 is 19.9 Å². The summed E-state index contributed by atoms with van der Waals surface area (Å²) in [7, 11) is -0.513. The van der Waals surface area contributed by atoms with E-state index in [4.69, 9.17) is 14.5 Å². The predicted octanol–water partition coefficient (Wildman–Crippen LogP) is 2.73. The van der Waals surface area contributed by atoms with Crippen LogP contribution in [0.5, 0.6) is 0 Å². The van der Waals surface area contributed by atoms with E-state index < -0.39 is 13.0 Å². The van der Waals surface area contributed by atoms with Crippen molar-refractivity contribution in [1.82, 2.24) is 16.1 Å². The van der Waals surface area contributed by atoms with Gasteiger partial charge in [0.2, 0.25) is 5.91 Å². The molecule has 1 aromatic rings. The molecule has 10 heteroatoms. The Hall–Kier alpha value is -2.69. The van der Waals surface area contributed by atoms with Crippen LogP contribution in [0.4, 0.5) is 0 Å². The topological polar surface area (TPSA) is 126 Å². The molecule has 37 heavy (non-hydrogen) atoms. The lowest BCUT2D eigenvalue weighted by Crippen LogP contribution is -2.63. The first-order valence-electron chi connectivity index (χ1n) is 13.1. The third kappa shape index (κ3) is 5.76. The van der Waals surface area contributed by atoms with Crippen LogP contribution in [0.2, 0.25) is 0 Å². The number of rotatable bonds is 9. The van der Waals surface area contributed by atoms with E-state index in [1.54, 1.807) is 24.3 Å². The first kappa shape index (κ1) is 27.4. The van der Waals surface area contributed by atoms with Crippen molar-refractivity contribution in [3.05, 3.63) is 41.5 Å². The largest absolute Gasteiger partial charge is 0.481 e. The number of benzene rings is 1. The number of hydrogen-bond donors (Lipinski definition) is 4. The number of carbonyl (C=O) groups is 3. The highest BCUT2D eigenvalue weighted by molar-refractivity contribution is 6.47. The van der Waals surface area contributed by atoms with Gasteiger partial charge in [0.05, 0.1) is 24.2 Å². The van der Waals surface area contributed by atoms with E-state index >= 15 is 0 Å². The highest BCUT2D eigenvalue weighted by atomic mass is 16.7. The number of nitrogens with one attached hydrogen (secondary N) is 3. The fraction of sp³-hybridized carbons (Fsp3) is 0.593. The summed E-state index contributed by atoms with van der Waals surface area (Å²) in [5.74, 6) is -0.216. The van der Waals surface area contributed by atoms with E-state index in [1.165, 1.54) is 24.1 Å². The van der Waals surface area contributed by atoms with Gasteiger partial charge in [0.15, 0.2) is 0 Å².